The molecule has 0 radical (unpaired) electrons. The van der Waals surface area contributed by atoms with Crippen LogP contribution in [0.3, 0.4) is 0 Å². The molecule has 0 spiro atoms. The van der Waals surface area contributed by atoms with Crippen molar-refractivity contribution in [2.45, 2.75) is 26.9 Å². The topological polar surface area (TPSA) is 79.4 Å². The Morgan fingerprint density at radius 3 is 2.77 bits per heavy atom. The highest BCUT2D eigenvalue weighted by Crippen LogP contribution is 2.26. The van der Waals surface area contributed by atoms with E-state index in [2.05, 4.69) is 39.1 Å². The maximum atomic E-state index is 9.45. The predicted octanol–water partition coefficient (Wildman–Crippen LogP) is 3.79. The van der Waals surface area contributed by atoms with Gasteiger partial charge in [0.2, 0.25) is 0 Å². The minimum Gasteiger partial charge on any atom is -0.375 e. The second-order valence-corrected chi connectivity index (χ2v) is 6.17. The lowest BCUT2D eigenvalue weighted by Crippen LogP contribution is -2.10. The third-order valence-electron chi connectivity index (χ3n) is 4.49. The van der Waals surface area contributed by atoms with Crippen molar-refractivity contribution in [3.05, 3.63) is 59.5 Å². The maximum absolute atomic E-state index is 9.45. The number of anilines is 1. The Kier molecular flexibility index (Phi) is 3.98. The molecule has 4 aromatic rings. The Labute approximate surface area is 151 Å². The van der Waals surface area contributed by atoms with Gasteiger partial charge in [0.1, 0.15) is 11.9 Å². The zero-order valence-corrected chi connectivity index (χ0v) is 14.7. The molecule has 0 fully saturated rings. The summed E-state index contributed by atoms with van der Waals surface area (Å²) in [5, 5.41) is 21.9. The molecule has 4 rings (SSSR count). The lowest BCUT2D eigenvalue weighted by Gasteiger charge is -2.12. The summed E-state index contributed by atoms with van der Waals surface area (Å²) in [5.41, 5.74) is 4.96. The average Bonchev–Trinajstić information content (AvgIpc) is 3.03. The van der Waals surface area contributed by atoms with Crippen LogP contribution in [0.25, 0.3) is 21.9 Å². The molecule has 2 aromatic heterocycles. The summed E-state index contributed by atoms with van der Waals surface area (Å²) in [6.07, 6.45) is 0. The summed E-state index contributed by atoms with van der Waals surface area (Å²) < 4.78 is 2.18. The Hall–Kier alpha value is -3.46. The number of nitrogens with one attached hydrogen (secondary N) is 1. The van der Waals surface area contributed by atoms with Crippen LogP contribution in [-0.4, -0.2) is 19.7 Å². The molecular weight excluding hydrogens is 324 g/mol. The van der Waals surface area contributed by atoms with Crippen molar-refractivity contribution in [3.63, 3.8) is 0 Å². The summed E-state index contributed by atoms with van der Waals surface area (Å²) in [6, 6.07) is 16.2. The SMILES string of the molecule is CCn1c(CNc2c(C#N)nnc3ccc(C)cc23)nc2ccccc21. The number of hydrogen-bond donors (Lipinski definition) is 1. The molecule has 0 aliphatic rings. The Bertz CT molecular complexity index is 1150. The van der Waals surface area contributed by atoms with Crippen LogP contribution >= 0.6 is 0 Å². The molecule has 6 heteroatoms. The smallest absolute Gasteiger partial charge is 0.186 e. The van der Waals surface area contributed by atoms with Crippen LogP contribution in [0.5, 0.6) is 0 Å². The number of aryl methyl sites for hydroxylation is 2. The molecule has 0 saturated heterocycles. The van der Waals surface area contributed by atoms with E-state index in [0.717, 1.165) is 39.9 Å². The predicted molar refractivity (Wildman–Crippen MR) is 102 cm³/mol. The van der Waals surface area contributed by atoms with Crippen LogP contribution in [0.15, 0.2) is 42.5 Å². The molecule has 128 valence electrons. The van der Waals surface area contributed by atoms with Crippen molar-refractivity contribution < 1.29 is 0 Å². The number of nitriles is 1. The molecule has 0 saturated carbocycles. The van der Waals surface area contributed by atoms with Crippen LogP contribution in [-0.2, 0) is 13.1 Å². The van der Waals surface area contributed by atoms with E-state index in [-0.39, 0.29) is 0 Å². The second-order valence-electron chi connectivity index (χ2n) is 6.17. The monoisotopic (exact) mass is 342 g/mol. The third-order valence-corrected chi connectivity index (χ3v) is 4.49. The van der Waals surface area contributed by atoms with Crippen LogP contribution < -0.4 is 5.32 Å². The summed E-state index contributed by atoms with van der Waals surface area (Å²) in [5.74, 6) is 0.926. The maximum Gasteiger partial charge on any atom is 0.186 e. The Morgan fingerprint density at radius 1 is 1.12 bits per heavy atom. The van der Waals surface area contributed by atoms with E-state index >= 15 is 0 Å². The molecular formula is C20H18N6. The zero-order chi connectivity index (χ0) is 18.1. The highest BCUT2D eigenvalue weighted by atomic mass is 15.1. The quantitative estimate of drug-likeness (QED) is 0.610. The molecule has 0 aliphatic heterocycles. The first-order valence-corrected chi connectivity index (χ1v) is 8.56. The van der Waals surface area contributed by atoms with Crippen LogP contribution in [0.1, 0.15) is 24.0 Å². The van der Waals surface area contributed by atoms with Crippen molar-refractivity contribution in [3.8, 4) is 6.07 Å². The molecule has 0 amide bonds. The number of nitrogens with zero attached hydrogens (tertiary/aromatic N) is 5. The number of para-hydroxylation sites is 2. The third kappa shape index (κ3) is 2.64. The molecule has 2 heterocycles. The molecule has 0 aliphatic carbocycles. The van der Waals surface area contributed by atoms with E-state index < -0.39 is 0 Å². The molecule has 1 N–H and O–H groups in total. The Balaban J connectivity index is 1.77. The van der Waals surface area contributed by atoms with Gasteiger partial charge in [0.25, 0.3) is 0 Å². The van der Waals surface area contributed by atoms with E-state index in [1.54, 1.807) is 0 Å². The van der Waals surface area contributed by atoms with Gasteiger partial charge in [0.05, 0.1) is 28.8 Å². The van der Waals surface area contributed by atoms with Crippen LogP contribution in [0, 0.1) is 18.3 Å². The van der Waals surface area contributed by atoms with Crippen molar-refractivity contribution in [1.82, 2.24) is 19.7 Å². The summed E-state index contributed by atoms with van der Waals surface area (Å²) in [7, 11) is 0. The van der Waals surface area contributed by atoms with Gasteiger partial charge in [-0.1, -0.05) is 23.8 Å². The van der Waals surface area contributed by atoms with Crippen LogP contribution in [0.2, 0.25) is 0 Å². The first kappa shape index (κ1) is 16.0. The number of imidazole rings is 1. The fraction of sp³-hybridized carbons (Fsp3) is 0.200. The normalized spacial score (nSPS) is 11.0. The zero-order valence-electron chi connectivity index (χ0n) is 14.7. The second kappa shape index (κ2) is 6.45. The van der Waals surface area contributed by atoms with E-state index in [1.807, 2.05) is 43.3 Å². The number of rotatable bonds is 4. The number of fused-ring (bicyclic) bond motifs is 2. The molecule has 26 heavy (non-hydrogen) atoms. The number of aromatic nitrogens is 4. The highest BCUT2D eigenvalue weighted by Gasteiger charge is 2.13. The van der Waals surface area contributed by atoms with E-state index in [9.17, 15) is 5.26 Å². The minimum atomic E-state index is 0.294. The van der Waals surface area contributed by atoms with Gasteiger partial charge in [-0.25, -0.2) is 4.98 Å². The van der Waals surface area contributed by atoms with Gasteiger partial charge in [0.15, 0.2) is 5.69 Å². The van der Waals surface area contributed by atoms with Gasteiger partial charge < -0.3 is 9.88 Å². The largest absolute Gasteiger partial charge is 0.375 e. The van der Waals surface area contributed by atoms with Crippen molar-refractivity contribution in [1.29, 1.82) is 5.26 Å². The van der Waals surface area contributed by atoms with E-state index in [0.29, 0.717) is 17.9 Å². The van der Waals surface area contributed by atoms with Crippen LogP contribution in [0.4, 0.5) is 5.69 Å². The molecule has 2 aromatic carbocycles. The number of hydrogen-bond acceptors (Lipinski definition) is 5. The van der Waals surface area contributed by atoms with Gasteiger partial charge in [-0.2, -0.15) is 5.26 Å². The first-order valence-electron chi connectivity index (χ1n) is 8.56. The molecule has 0 bridgehead atoms. The minimum absolute atomic E-state index is 0.294. The summed E-state index contributed by atoms with van der Waals surface area (Å²) in [6.45, 7) is 5.46. The van der Waals surface area contributed by atoms with Gasteiger partial charge in [-0.15, -0.1) is 10.2 Å². The summed E-state index contributed by atoms with van der Waals surface area (Å²) in [4.78, 5) is 4.73. The van der Waals surface area contributed by atoms with Gasteiger partial charge >= 0.3 is 0 Å². The fourth-order valence-electron chi connectivity index (χ4n) is 3.26. The molecule has 0 unspecified atom stereocenters. The first-order chi connectivity index (χ1) is 12.7. The van der Waals surface area contributed by atoms with Crippen molar-refractivity contribution >= 4 is 27.6 Å². The Morgan fingerprint density at radius 2 is 1.96 bits per heavy atom. The number of benzene rings is 2. The van der Waals surface area contributed by atoms with Gasteiger partial charge in [0, 0.05) is 11.9 Å². The summed E-state index contributed by atoms with van der Waals surface area (Å²) >= 11 is 0. The lowest BCUT2D eigenvalue weighted by atomic mass is 10.1. The average molecular weight is 342 g/mol. The van der Waals surface area contributed by atoms with E-state index in [1.165, 1.54) is 0 Å². The fourth-order valence-corrected chi connectivity index (χ4v) is 3.26. The highest BCUT2D eigenvalue weighted by molar-refractivity contribution is 5.93. The standard InChI is InChI=1S/C20H18N6/c1-3-26-18-7-5-4-6-16(18)23-19(26)12-22-20-14-10-13(2)8-9-15(14)24-25-17(20)11-21/h4-10H,3,12H2,1-2H3,(H,22,24). The van der Waals surface area contributed by atoms with Gasteiger partial charge in [-0.05, 0) is 38.1 Å². The van der Waals surface area contributed by atoms with E-state index in [4.69, 9.17) is 4.98 Å². The van der Waals surface area contributed by atoms with Crippen molar-refractivity contribution in [2.24, 2.45) is 0 Å². The molecule has 6 nitrogen and oxygen atoms in total. The lowest BCUT2D eigenvalue weighted by molar-refractivity contribution is 0.729. The molecule has 0 atom stereocenters. The van der Waals surface area contributed by atoms with Gasteiger partial charge in [-0.3, -0.25) is 0 Å². The van der Waals surface area contributed by atoms with Crippen molar-refractivity contribution in [2.75, 3.05) is 5.32 Å².